The second-order valence-electron chi connectivity index (χ2n) is 8.95. The molecule has 3 nitrogen and oxygen atoms in total. The van der Waals surface area contributed by atoms with Gasteiger partial charge in [-0.25, -0.2) is 0 Å². The molecule has 3 unspecified atom stereocenters. The number of aliphatic hydroxyl groups excluding tert-OH is 1. The van der Waals surface area contributed by atoms with Crippen molar-refractivity contribution in [3.8, 4) is 0 Å². The lowest BCUT2D eigenvalue weighted by Gasteiger charge is -2.46. The zero-order valence-corrected chi connectivity index (χ0v) is 16.5. The monoisotopic (exact) mass is 386 g/mol. The van der Waals surface area contributed by atoms with E-state index in [9.17, 15) is 14.7 Å². The van der Waals surface area contributed by atoms with E-state index in [-0.39, 0.29) is 34.6 Å². The van der Waals surface area contributed by atoms with Crippen LogP contribution in [0.1, 0.15) is 54.4 Å². The molecule has 2 aromatic carbocycles. The van der Waals surface area contributed by atoms with Gasteiger partial charge in [-0.1, -0.05) is 73.5 Å². The molecule has 3 aliphatic rings. The SMILES string of the molecule is O=C1CC23CCCCC2CC(C1=C(O)c1ccccc1)[C@H]3C(=O)c1ccccc1. The van der Waals surface area contributed by atoms with Crippen LogP contribution in [0.3, 0.4) is 0 Å². The number of rotatable bonds is 3. The van der Waals surface area contributed by atoms with E-state index >= 15 is 0 Å². The Morgan fingerprint density at radius 2 is 1.59 bits per heavy atom. The lowest BCUT2D eigenvalue weighted by molar-refractivity contribution is -0.122. The Bertz CT molecular complexity index is 976. The topological polar surface area (TPSA) is 54.4 Å². The molecule has 1 spiro atoms. The van der Waals surface area contributed by atoms with Gasteiger partial charge in [-0.05, 0) is 30.6 Å². The fourth-order valence-electron chi connectivity index (χ4n) is 6.45. The summed E-state index contributed by atoms with van der Waals surface area (Å²) >= 11 is 0. The fourth-order valence-corrected chi connectivity index (χ4v) is 6.45. The number of Topliss-reactive ketones (excluding diaryl/α,β-unsaturated/α-hetero) is 2. The second kappa shape index (κ2) is 6.98. The summed E-state index contributed by atoms with van der Waals surface area (Å²) in [6, 6.07) is 18.8. The van der Waals surface area contributed by atoms with Crippen LogP contribution in [0.25, 0.3) is 5.76 Å². The summed E-state index contributed by atoms with van der Waals surface area (Å²) in [4.78, 5) is 27.0. The van der Waals surface area contributed by atoms with Crippen molar-refractivity contribution in [3.05, 3.63) is 77.4 Å². The number of carbonyl (C=O) groups excluding carboxylic acids is 2. The first-order chi connectivity index (χ1) is 14.1. The predicted molar refractivity (Wildman–Crippen MR) is 112 cm³/mol. The van der Waals surface area contributed by atoms with E-state index in [1.807, 2.05) is 60.7 Å². The lowest BCUT2D eigenvalue weighted by atomic mass is 9.56. The van der Waals surface area contributed by atoms with Gasteiger partial charge in [0.2, 0.25) is 0 Å². The molecular weight excluding hydrogens is 360 g/mol. The first-order valence-corrected chi connectivity index (χ1v) is 10.7. The van der Waals surface area contributed by atoms with Gasteiger partial charge in [0.05, 0.1) is 0 Å². The first kappa shape index (κ1) is 18.4. The van der Waals surface area contributed by atoms with Crippen LogP contribution in [0.4, 0.5) is 0 Å². The van der Waals surface area contributed by atoms with E-state index in [0.717, 1.165) is 31.2 Å². The van der Waals surface area contributed by atoms with E-state index in [0.29, 0.717) is 23.5 Å². The number of fused-ring (bicyclic) bond motifs is 1. The minimum absolute atomic E-state index is 0.0397. The Balaban J connectivity index is 1.65. The minimum Gasteiger partial charge on any atom is -0.507 e. The molecule has 2 aromatic rings. The molecule has 0 aliphatic heterocycles. The van der Waals surface area contributed by atoms with Crippen LogP contribution in [-0.4, -0.2) is 16.7 Å². The zero-order chi connectivity index (χ0) is 20.0. The van der Waals surface area contributed by atoms with Crippen molar-refractivity contribution in [2.75, 3.05) is 0 Å². The van der Waals surface area contributed by atoms with Crippen LogP contribution in [0.15, 0.2) is 66.2 Å². The highest BCUT2D eigenvalue weighted by molar-refractivity contribution is 6.07. The molecule has 3 heteroatoms. The second-order valence-corrected chi connectivity index (χ2v) is 8.95. The van der Waals surface area contributed by atoms with Gasteiger partial charge in [0.15, 0.2) is 11.6 Å². The Kier molecular flexibility index (Phi) is 4.42. The number of ketones is 2. The Morgan fingerprint density at radius 1 is 0.931 bits per heavy atom. The summed E-state index contributed by atoms with van der Waals surface area (Å²) in [5.74, 6) is 0.244. The van der Waals surface area contributed by atoms with E-state index < -0.39 is 0 Å². The van der Waals surface area contributed by atoms with Crippen molar-refractivity contribution in [1.82, 2.24) is 0 Å². The molecule has 0 aromatic heterocycles. The number of aliphatic hydroxyl groups is 1. The van der Waals surface area contributed by atoms with Crippen LogP contribution in [0.2, 0.25) is 0 Å². The smallest absolute Gasteiger partial charge is 0.167 e. The number of hydrogen-bond donors (Lipinski definition) is 1. The molecule has 3 aliphatic carbocycles. The van der Waals surface area contributed by atoms with E-state index in [1.165, 1.54) is 6.42 Å². The fraction of sp³-hybridized carbons (Fsp3) is 0.385. The molecule has 0 radical (unpaired) electrons. The van der Waals surface area contributed by atoms with Crippen molar-refractivity contribution in [2.45, 2.75) is 38.5 Å². The Labute approximate surface area is 171 Å². The number of allylic oxidation sites excluding steroid dienone is 1. The summed E-state index contributed by atoms with van der Waals surface area (Å²) in [7, 11) is 0. The molecule has 1 N–H and O–H groups in total. The quantitative estimate of drug-likeness (QED) is 0.423. The summed E-state index contributed by atoms with van der Waals surface area (Å²) < 4.78 is 0. The molecule has 0 heterocycles. The molecule has 0 amide bonds. The van der Waals surface area contributed by atoms with Crippen LogP contribution in [0.5, 0.6) is 0 Å². The van der Waals surface area contributed by atoms with Gasteiger partial charge in [-0.2, -0.15) is 0 Å². The minimum atomic E-state index is -0.229. The van der Waals surface area contributed by atoms with Crippen LogP contribution < -0.4 is 0 Å². The largest absolute Gasteiger partial charge is 0.507 e. The van der Waals surface area contributed by atoms with Crippen molar-refractivity contribution in [1.29, 1.82) is 0 Å². The highest BCUT2D eigenvalue weighted by atomic mass is 16.3. The standard InChI is InChI=1S/C26H26O3/c27-21-16-26-14-8-7-13-19(26)15-20(22(21)24(28)17-9-3-1-4-10-17)23(26)25(29)18-11-5-2-6-12-18/h1-6,9-12,19-20,23,28H,7-8,13-16H2/t19?,20?,23-,26?/m0/s1. The van der Waals surface area contributed by atoms with Gasteiger partial charge in [0, 0.05) is 35.0 Å². The summed E-state index contributed by atoms with van der Waals surface area (Å²) in [5, 5.41) is 11.1. The first-order valence-electron chi connectivity index (χ1n) is 10.7. The Hall–Kier alpha value is -2.68. The normalized spacial score (nSPS) is 32.6. The highest BCUT2D eigenvalue weighted by Gasteiger charge is 2.63. The highest BCUT2D eigenvalue weighted by Crippen LogP contribution is 2.65. The molecule has 0 saturated heterocycles. The van der Waals surface area contributed by atoms with Gasteiger partial charge >= 0.3 is 0 Å². The third-order valence-corrected chi connectivity index (χ3v) is 7.62. The number of carbonyl (C=O) groups is 2. The summed E-state index contributed by atoms with van der Waals surface area (Å²) in [6.07, 6.45) is 5.51. The zero-order valence-electron chi connectivity index (χ0n) is 16.5. The van der Waals surface area contributed by atoms with Crippen LogP contribution >= 0.6 is 0 Å². The molecule has 5 rings (SSSR count). The molecule has 148 valence electrons. The number of hydrogen-bond acceptors (Lipinski definition) is 3. The summed E-state index contributed by atoms with van der Waals surface area (Å²) in [5.41, 5.74) is 1.65. The van der Waals surface area contributed by atoms with Crippen molar-refractivity contribution < 1.29 is 14.7 Å². The molecule has 2 bridgehead atoms. The third-order valence-electron chi connectivity index (χ3n) is 7.62. The molecule has 3 saturated carbocycles. The maximum atomic E-state index is 13.7. The maximum absolute atomic E-state index is 13.7. The summed E-state index contributed by atoms with van der Waals surface area (Å²) in [6.45, 7) is 0. The van der Waals surface area contributed by atoms with Gasteiger partial charge < -0.3 is 5.11 Å². The average molecular weight is 386 g/mol. The van der Waals surface area contributed by atoms with E-state index in [2.05, 4.69) is 0 Å². The predicted octanol–water partition coefficient (Wildman–Crippen LogP) is 5.62. The molecule has 3 fully saturated rings. The van der Waals surface area contributed by atoms with Gasteiger partial charge in [0.25, 0.3) is 0 Å². The van der Waals surface area contributed by atoms with E-state index in [4.69, 9.17) is 0 Å². The van der Waals surface area contributed by atoms with Gasteiger partial charge in [0.1, 0.15) is 5.76 Å². The molecular formula is C26H26O3. The maximum Gasteiger partial charge on any atom is 0.167 e. The van der Waals surface area contributed by atoms with Gasteiger partial charge in [-0.15, -0.1) is 0 Å². The van der Waals surface area contributed by atoms with Crippen molar-refractivity contribution in [2.24, 2.45) is 23.2 Å². The van der Waals surface area contributed by atoms with Crippen molar-refractivity contribution in [3.63, 3.8) is 0 Å². The average Bonchev–Trinajstić information content (AvgIpc) is 3.01. The van der Waals surface area contributed by atoms with E-state index in [1.54, 1.807) is 0 Å². The third kappa shape index (κ3) is 2.78. The van der Waals surface area contributed by atoms with Crippen LogP contribution in [0, 0.1) is 23.2 Å². The number of benzene rings is 2. The Morgan fingerprint density at radius 3 is 2.28 bits per heavy atom. The molecule has 4 atom stereocenters. The van der Waals surface area contributed by atoms with Crippen molar-refractivity contribution >= 4 is 17.3 Å². The van der Waals surface area contributed by atoms with Crippen LogP contribution in [-0.2, 0) is 4.79 Å². The lowest BCUT2D eigenvalue weighted by Crippen LogP contribution is -2.46. The molecule has 29 heavy (non-hydrogen) atoms. The van der Waals surface area contributed by atoms with Gasteiger partial charge in [-0.3, -0.25) is 9.59 Å².